The van der Waals surface area contributed by atoms with Gasteiger partial charge in [-0.25, -0.2) is 0 Å². The number of fused-ring (bicyclic) bond motifs is 1. The van der Waals surface area contributed by atoms with Crippen LogP contribution in [0.1, 0.15) is 41.4 Å². The first kappa shape index (κ1) is 18.6. The van der Waals surface area contributed by atoms with E-state index in [1.54, 1.807) is 0 Å². The summed E-state index contributed by atoms with van der Waals surface area (Å²) >= 11 is 0. The molecular formula is C20H20O7. The van der Waals surface area contributed by atoms with Crippen LogP contribution in [-0.4, -0.2) is 37.4 Å². The normalized spacial score (nSPS) is 18.6. The smallest absolute Gasteiger partial charge is 0.202 e. The Hall–Kier alpha value is -3.19. The van der Waals surface area contributed by atoms with Crippen molar-refractivity contribution in [2.24, 2.45) is 0 Å². The van der Waals surface area contributed by atoms with Gasteiger partial charge < -0.3 is 30.3 Å². The van der Waals surface area contributed by atoms with E-state index in [0.717, 1.165) is 11.6 Å². The Kier molecular flexibility index (Phi) is 4.72. The average Bonchev–Trinajstić information content (AvgIpc) is 2.59. The van der Waals surface area contributed by atoms with Gasteiger partial charge in [-0.1, -0.05) is 17.7 Å². The summed E-state index contributed by atoms with van der Waals surface area (Å²) in [5.41, 5.74) is 1.35. The van der Waals surface area contributed by atoms with Crippen LogP contribution in [0.5, 0.6) is 28.7 Å². The number of ketones is 1. The van der Waals surface area contributed by atoms with Gasteiger partial charge in [-0.15, -0.1) is 0 Å². The van der Waals surface area contributed by atoms with Gasteiger partial charge >= 0.3 is 0 Å². The van der Waals surface area contributed by atoms with Gasteiger partial charge in [0.25, 0.3) is 0 Å². The van der Waals surface area contributed by atoms with Crippen molar-refractivity contribution in [1.82, 2.24) is 0 Å². The second kappa shape index (κ2) is 6.85. The lowest BCUT2D eigenvalue weighted by molar-refractivity contribution is 0.0205. The molecule has 7 heteroatoms. The molecule has 1 aliphatic heterocycles. The van der Waals surface area contributed by atoms with Crippen LogP contribution in [0.4, 0.5) is 0 Å². The minimum Gasteiger partial charge on any atom is -0.507 e. The minimum absolute atomic E-state index is 0.0159. The van der Waals surface area contributed by atoms with Crippen molar-refractivity contribution in [3.05, 3.63) is 52.6 Å². The van der Waals surface area contributed by atoms with Crippen molar-refractivity contribution in [2.45, 2.75) is 32.5 Å². The molecule has 0 bridgehead atoms. The number of aliphatic hydroxyl groups is 1. The van der Waals surface area contributed by atoms with Crippen molar-refractivity contribution in [2.75, 3.05) is 0 Å². The Morgan fingerprint density at radius 2 is 1.74 bits per heavy atom. The Bertz CT molecular complexity index is 942. The second-order valence-corrected chi connectivity index (χ2v) is 6.68. The quantitative estimate of drug-likeness (QED) is 0.414. The van der Waals surface area contributed by atoms with E-state index in [1.165, 1.54) is 18.2 Å². The molecule has 1 heterocycles. The summed E-state index contributed by atoms with van der Waals surface area (Å²) in [5, 5.41) is 49.9. The topological polar surface area (TPSA) is 127 Å². The number of phenols is 4. The molecule has 142 valence electrons. The van der Waals surface area contributed by atoms with Crippen LogP contribution in [-0.2, 0) is 6.42 Å². The second-order valence-electron chi connectivity index (χ2n) is 6.68. The third-order valence-corrected chi connectivity index (χ3v) is 4.43. The van der Waals surface area contributed by atoms with Crippen molar-refractivity contribution in [1.29, 1.82) is 0 Å². The summed E-state index contributed by atoms with van der Waals surface area (Å²) in [5.74, 6) is -2.28. The van der Waals surface area contributed by atoms with Gasteiger partial charge in [-0.3, -0.25) is 4.79 Å². The zero-order valence-electron chi connectivity index (χ0n) is 14.8. The first-order valence-corrected chi connectivity index (χ1v) is 8.32. The molecule has 2 unspecified atom stereocenters. The van der Waals surface area contributed by atoms with Gasteiger partial charge in [0.15, 0.2) is 23.7 Å². The largest absolute Gasteiger partial charge is 0.507 e. The summed E-state index contributed by atoms with van der Waals surface area (Å²) in [4.78, 5) is 12.7. The van der Waals surface area contributed by atoms with Crippen LogP contribution in [0.2, 0.25) is 0 Å². The van der Waals surface area contributed by atoms with E-state index in [0.29, 0.717) is 5.56 Å². The number of carbonyl (C=O) groups excluding carboxylic acids is 1. The summed E-state index contributed by atoms with van der Waals surface area (Å²) in [7, 11) is 0. The highest BCUT2D eigenvalue weighted by molar-refractivity contribution is 6.06. The lowest BCUT2D eigenvalue weighted by atomic mass is 9.90. The van der Waals surface area contributed by atoms with Gasteiger partial charge in [0, 0.05) is 11.6 Å². The van der Waals surface area contributed by atoms with Crippen LogP contribution in [0.15, 0.2) is 35.9 Å². The third kappa shape index (κ3) is 3.29. The van der Waals surface area contributed by atoms with Gasteiger partial charge in [0.1, 0.15) is 22.8 Å². The number of aliphatic hydroxyl groups excluding tert-OH is 1. The number of phenolic OH excluding ortho intramolecular Hbond substituents is 4. The van der Waals surface area contributed by atoms with E-state index in [9.17, 15) is 30.3 Å². The molecule has 3 rings (SSSR count). The maximum Gasteiger partial charge on any atom is 0.202 e. The van der Waals surface area contributed by atoms with Crippen LogP contribution < -0.4 is 4.74 Å². The standard InChI is InChI=1S/C20H20O7/c1-9(2)3-5-11-13(22)8-15(24)16-17(25)18(26)19(27-20(11)16)10-4-6-12(21)14(23)7-10/h3-4,6-8,18-19,21-24,26H,5H2,1-2H3. The lowest BCUT2D eigenvalue weighted by Crippen LogP contribution is -2.36. The molecule has 7 nitrogen and oxygen atoms in total. The fourth-order valence-corrected chi connectivity index (χ4v) is 2.99. The first-order valence-electron chi connectivity index (χ1n) is 8.32. The van der Waals surface area contributed by atoms with E-state index in [-0.39, 0.29) is 34.8 Å². The maximum absolute atomic E-state index is 12.7. The fraction of sp³-hybridized carbons (Fsp3) is 0.250. The number of benzene rings is 2. The molecule has 5 N–H and O–H groups in total. The highest BCUT2D eigenvalue weighted by atomic mass is 16.5. The van der Waals surface area contributed by atoms with Crippen molar-refractivity contribution in [3.63, 3.8) is 0 Å². The molecule has 2 aromatic carbocycles. The van der Waals surface area contributed by atoms with Crippen molar-refractivity contribution >= 4 is 5.78 Å². The van der Waals surface area contributed by atoms with Crippen LogP contribution in [0.3, 0.4) is 0 Å². The number of ether oxygens (including phenoxy) is 1. The zero-order chi connectivity index (χ0) is 19.9. The van der Waals surface area contributed by atoms with E-state index in [1.807, 2.05) is 19.9 Å². The van der Waals surface area contributed by atoms with Gasteiger partial charge in [-0.05, 0) is 38.0 Å². The Morgan fingerprint density at radius 1 is 1.04 bits per heavy atom. The zero-order valence-corrected chi connectivity index (χ0v) is 14.8. The number of rotatable bonds is 3. The molecule has 0 radical (unpaired) electrons. The highest BCUT2D eigenvalue weighted by Gasteiger charge is 2.40. The molecule has 2 aromatic rings. The third-order valence-electron chi connectivity index (χ3n) is 4.43. The molecular weight excluding hydrogens is 352 g/mol. The van der Waals surface area contributed by atoms with Gasteiger partial charge in [0.2, 0.25) is 5.78 Å². The van der Waals surface area contributed by atoms with E-state index >= 15 is 0 Å². The maximum atomic E-state index is 12.7. The van der Waals surface area contributed by atoms with E-state index in [4.69, 9.17) is 4.74 Å². The van der Waals surface area contributed by atoms with Crippen molar-refractivity contribution < 1.29 is 35.1 Å². The minimum atomic E-state index is -1.63. The summed E-state index contributed by atoms with van der Waals surface area (Å²) in [6.45, 7) is 3.75. The predicted octanol–water partition coefficient (Wildman–Crippen LogP) is 2.70. The predicted molar refractivity (Wildman–Crippen MR) is 96.4 cm³/mol. The molecule has 0 saturated heterocycles. The Morgan fingerprint density at radius 3 is 2.37 bits per heavy atom. The number of allylic oxidation sites excluding steroid dienone is 2. The number of carbonyl (C=O) groups is 1. The molecule has 2 atom stereocenters. The summed E-state index contributed by atoms with van der Waals surface area (Å²) < 4.78 is 5.81. The number of hydrogen-bond donors (Lipinski definition) is 5. The lowest BCUT2D eigenvalue weighted by Gasteiger charge is -2.31. The molecule has 0 fully saturated rings. The highest BCUT2D eigenvalue weighted by Crippen LogP contribution is 2.46. The molecule has 0 saturated carbocycles. The fourth-order valence-electron chi connectivity index (χ4n) is 2.99. The molecule has 0 aromatic heterocycles. The Balaban J connectivity index is 2.14. The number of Topliss-reactive ketones (excluding diaryl/α,β-unsaturated/α-hetero) is 1. The molecule has 0 amide bonds. The molecule has 0 spiro atoms. The van der Waals surface area contributed by atoms with E-state index in [2.05, 4.69) is 0 Å². The summed E-state index contributed by atoms with van der Waals surface area (Å²) in [6, 6.07) is 4.85. The van der Waals surface area contributed by atoms with Gasteiger partial charge in [-0.2, -0.15) is 0 Å². The van der Waals surface area contributed by atoms with Crippen molar-refractivity contribution in [3.8, 4) is 28.7 Å². The van der Waals surface area contributed by atoms with E-state index < -0.39 is 29.5 Å². The first-order chi connectivity index (χ1) is 12.7. The average molecular weight is 372 g/mol. The monoisotopic (exact) mass is 372 g/mol. The molecule has 0 aliphatic carbocycles. The molecule has 1 aliphatic rings. The van der Waals surface area contributed by atoms with Crippen LogP contribution >= 0.6 is 0 Å². The van der Waals surface area contributed by atoms with Gasteiger partial charge in [0.05, 0.1) is 0 Å². The summed E-state index contributed by atoms with van der Waals surface area (Å²) in [6.07, 6.45) is -0.725. The van der Waals surface area contributed by atoms with Crippen LogP contribution in [0.25, 0.3) is 0 Å². The SMILES string of the molecule is CC(C)=CCc1c(O)cc(O)c2c1OC(c1ccc(O)c(O)c1)C(O)C2=O. The Labute approximate surface area is 155 Å². The number of hydrogen-bond acceptors (Lipinski definition) is 7. The molecule has 27 heavy (non-hydrogen) atoms. The number of aromatic hydroxyl groups is 4. The van der Waals surface area contributed by atoms with Crippen LogP contribution in [0, 0.1) is 0 Å².